The zero-order valence-corrected chi connectivity index (χ0v) is 12.4. The first-order valence-electron chi connectivity index (χ1n) is 6.20. The van der Waals surface area contributed by atoms with Gasteiger partial charge >= 0.3 is 0 Å². The highest BCUT2D eigenvalue weighted by atomic mass is 79.9. The molecule has 1 N–H and O–H groups in total. The fraction of sp³-hybridized carbons (Fsp3) is 0.500. The van der Waals surface area contributed by atoms with Crippen LogP contribution in [0.2, 0.25) is 0 Å². The normalized spacial score (nSPS) is 16.7. The van der Waals surface area contributed by atoms with Crippen molar-refractivity contribution in [3.05, 3.63) is 21.5 Å². The molecule has 6 heteroatoms. The van der Waals surface area contributed by atoms with Gasteiger partial charge in [0.1, 0.15) is 0 Å². The van der Waals surface area contributed by atoms with E-state index in [9.17, 15) is 0 Å². The Hall–Kier alpha value is -0.720. The van der Waals surface area contributed by atoms with E-state index in [0.717, 1.165) is 33.5 Å². The Labute approximate surface area is 119 Å². The van der Waals surface area contributed by atoms with Crippen LogP contribution in [0.1, 0.15) is 12.8 Å². The minimum Gasteiger partial charge on any atom is -0.329 e. The molecule has 4 nitrogen and oxygen atoms in total. The number of aromatic nitrogens is 3. The molecule has 2 aromatic heterocycles. The third-order valence-corrected chi connectivity index (χ3v) is 4.17. The number of nitrogens with one attached hydrogen (secondary N) is 1. The Morgan fingerprint density at radius 3 is 2.89 bits per heavy atom. The van der Waals surface area contributed by atoms with Crippen molar-refractivity contribution in [2.75, 3.05) is 19.6 Å². The summed E-state index contributed by atoms with van der Waals surface area (Å²) in [6.45, 7) is 4.40. The van der Waals surface area contributed by atoms with Gasteiger partial charge in [0.05, 0.1) is 5.52 Å². The Kier molecular flexibility index (Phi) is 3.50. The Morgan fingerprint density at radius 2 is 2.11 bits per heavy atom. The van der Waals surface area contributed by atoms with Crippen LogP contribution in [-0.2, 0) is 6.54 Å². The average molecular weight is 327 g/mol. The third-order valence-electron chi connectivity index (χ3n) is 3.41. The standard InChI is InChI=1S/C12H15BrN4S/c13-9-7-10-11(14-8-9)17(12(18)15-10)6-5-16-3-1-2-4-16/h7-8H,1-6H2,(H,15,18). The highest BCUT2D eigenvalue weighted by molar-refractivity contribution is 9.10. The van der Waals surface area contributed by atoms with Gasteiger partial charge in [0, 0.05) is 23.8 Å². The van der Waals surface area contributed by atoms with Gasteiger partial charge in [0.25, 0.3) is 0 Å². The first kappa shape index (κ1) is 12.3. The minimum absolute atomic E-state index is 0.759. The number of imidazole rings is 1. The van der Waals surface area contributed by atoms with Crippen molar-refractivity contribution in [1.29, 1.82) is 0 Å². The molecular formula is C12H15BrN4S. The van der Waals surface area contributed by atoms with Crippen molar-refractivity contribution >= 4 is 39.3 Å². The number of rotatable bonds is 3. The molecular weight excluding hydrogens is 312 g/mol. The highest BCUT2D eigenvalue weighted by Gasteiger charge is 2.12. The second-order valence-corrected chi connectivity index (χ2v) is 5.96. The Morgan fingerprint density at radius 1 is 1.33 bits per heavy atom. The fourth-order valence-electron chi connectivity index (χ4n) is 2.47. The summed E-state index contributed by atoms with van der Waals surface area (Å²) < 4.78 is 3.82. The van der Waals surface area contributed by atoms with Crippen LogP contribution in [0.25, 0.3) is 11.2 Å². The maximum absolute atomic E-state index is 5.37. The van der Waals surface area contributed by atoms with E-state index in [1.807, 2.05) is 12.3 Å². The first-order chi connectivity index (χ1) is 8.74. The third kappa shape index (κ3) is 2.37. The van der Waals surface area contributed by atoms with E-state index in [1.54, 1.807) is 0 Å². The fourth-order valence-corrected chi connectivity index (χ4v) is 3.09. The lowest BCUT2D eigenvalue weighted by Crippen LogP contribution is -2.24. The van der Waals surface area contributed by atoms with Gasteiger partial charge in [-0.2, -0.15) is 0 Å². The molecule has 0 aliphatic carbocycles. The van der Waals surface area contributed by atoms with Crippen LogP contribution < -0.4 is 0 Å². The van der Waals surface area contributed by atoms with Crippen molar-refractivity contribution in [2.45, 2.75) is 19.4 Å². The van der Waals surface area contributed by atoms with Crippen LogP contribution in [0.5, 0.6) is 0 Å². The number of likely N-dealkylation sites (tertiary alicyclic amines) is 1. The Bertz CT molecular complexity index is 612. The van der Waals surface area contributed by atoms with Crippen LogP contribution in [0, 0.1) is 4.77 Å². The molecule has 0 aromatic carbocycles. The summed E-state index contributed by atoms with van der Waals surface area (Å²) in [4.78, 5) is 10.1. The molecule has 0 bridgehead atoms. The quantitative estimate of drug-likeness (QED) is 0.881. The van der Waals surface area contributed by atoms with Crippen LogP contribution in [0.3, 0.4) is 0 Å². The predicted molar refractivity (Wildman–Crippen MR) is 78.3 cm³/mol. The van der Waals surface area contributed by atoms with Crippen LogP contribution in [-0.4, -0.2) is 39.1 Å². The topological polar surface area (TPSA) is 36.9 Å². The minimum atomic E-state index is 0.759. The molecule has 0 unspecified atom stereocenters. The summed E-state index contributed by atoms with van der Waals surface area (Å²) in [7, 11) is 0. The van der Waals surface area contributed by atoms with Crippen molar-refractivity contribution in [3.8, 4) is 0 Å². The van der Waals surface area contributed by atoms with Gasteiger partial charge in [-0.05, 0) is 60.1 Å². The molecule has 1 saturated heterocycles. The smallest absolute Gasteiger partial charge is 0.179 e. The summed E-state index contributed by atoms with van der Waals surface area (Å²) in [5.74, 6) is 0. The Balaban J connectivity index is 1.86. The second-order valence-electron chi connectivity index (χ2n) is 4.66. The lowest BCUT2D eigenvalue weighted by molar-refractivity contribution is 0.323. The van der Waals surface area contributed by atoms with E-state index >= 15 is 0 Å². The predicted octanol–water partition coefficient (Wildman–Crippen LogP) is 2.95. The van der Waals surface area contributed by atoms with Crippen LogP contribution in [0.15, 0.2) is 16.7 Å². The van der Waals surface area contributed by atoms with Gasteiger partial charge in [0.2, 0.25) is 0 Å². The van der Waals surface area contributed by atoms with Gasteiger partial charge < -0.3 is 14.5 Å². The number of aromatic amines is 1. The SMILES string of the molecule is S=c1[nH]c2cc(Br)cnc2n1CCN1CCCC1. The number of H-pyrrole nitrogens is 1. The van der Waals surface area contributed by atoms with E-state index in [1.165, 1.54) is 25.9 Å². The molecule has 96 valence electrons. The van der Waals surface area contributed by atoms with Gasteiger partial charge in [0.15, 0.2) is 10.4 Å². The maximum atomic E-state index is 5.37. The molecule has 2 aromatic rings. The molecule has 0 radical (unpaired) electrons. The summed E-state index contributed by atoms with van der Waals surface area (Å²) in [6.07, 6.45) is 4.46. The number of nitrogens with zero attached hydrogens (tertiary/aromatic N) is 3. The zero-order valence-electron chi connectivity index (χ0n) is 10.0. The second kappa shape index (κ2) is 5.11. The van der Waals surface area contributed by atoms with E-state index in [-0.39, 0.29) is 0 Å². The van der Waals surface area contributed by atoms with E-state index in [2.05, 4.69) is 35.4 Å². The molecule has 0 atom stereocenters. The molecule has 0 spiro atoms. The van der Waals surface area contributed by atoms with E-state index < -0.39 is 0 Å². The molecule has 1 aliphatic rings. The van der Waals surface area contributed by atoms with Gasteiger partial charge in [-0.1, -0.05) is 0 Å². The molecule has 1 aliphatic heterocycles. The molecule has 3 heterocycles. The van der Waals surface area contributed by atoms with Crippen molar-refractivity contribution < 1.29 is 0 Å². The lowest BCUT2D eigenvalue weighted by Gasteiger charge is -2.14. The summed E-state index contributed by atoms with van der Waals surface area (Å²) >= 11 is 8.79. The average Bonchev–Trinajstić information content (AvgIpc) is 2.93. The number of fused-ring (bicyclic) bond motifs is 1. The van der Waals surface area contributed by atoms with Crippen LogP contribution in [0.4, 0.5) is 0 Å². The number of pyridine rings is 1. The monoisotopic (exact) mass is 326 g/mol. The van der Waals surface area contributed by atoms with Crippen molar-refractivity contribution in [1.82, 2.24) is 19.4 Å². The summed E-state index contributed by atoms with van der Waals surface area (Å²) in [6, 6.07) is 2.02. The number of halogens is 1. The highest BCUT2D eigenvalue weighted by Crippen LogP contribution is 2.17. The van der Waals surface area contributed by atoms with Crippen molar-refractivity contribution in [3.63, 3.8) is 0 Å². The largest absolute Gasteiger partial charge is 0.329 e. The summed E-state index contributed by atoms with van der Waals surface area (Å²) in [5.41, 5.74) is 1.94. The lowest BCUT2D eigenvalue weighted by atomic mass is 10.4. The van der Waals surface area contributed by atoms with Crippen molar-refractivity contribution in [2.24, 2.45) is 0 Å². The van der Waals surface area contributed by atoms with Gasteiger partial charge in [-0.15, -0.1) is 0 Å². The molecule has 3 rings (SSSR count). The van der Waals surface area contributed by atoms with Gasteiger partial charge in [-0.25, -0.2) is 4.98 Å². The van der Waals surface area contributed by atoms with E-state index in [4.69, 9.17) is 12.2 Å². The molecule has 1 fully saturated rings. The van der Waals surface area contributed by atoms with Gasteiger partial charge in [-0.3, -0.25) is 0 Å². The summed E-state index contributed by atoms with van der Waals surface area (Å²) in [5, 5.41) is 0. The number of hydrogen-bond acceptors (Lipinski definition) is 3. The first-order valence-corrected chi connectivity index (χ1v) is 7.40. The molecule has 0 saturated carbocycles. The molecule has 0 amide bonds. The van der Waals surface area contributed by atoms with E-state index in [0.29, 0.717) is 0 Å². The number of hydrogen-bond donors (Lipinski definition) is 1. The molecule has 18 heavy (non-hydrogen) atoms. The maximum Gasteiger partial charge on any atom is 0.179 e. The zero-order chi connectivity index (χ0) is 12.5. The van der Waals surface area contributed by atoms with Crippen LogP contribution >= 0.6 is 28.1 Å².